The second kappa shape index (κ2) is 5.10. The Hall–Kier alpha value is -2.73. The van der Waals surface area contributed by atoms with Crippen LogP contribution in [0.15, 0.2) is 48.7 Å². The molecule has 0 spiro atoms. The number of rotatable bonds is 3. The Bertz CT molecular complexity index is 793. The summed E-state index contributed by atoms with van der Waals surface area (Å²) >= 11 is 0. The molecule has 2 aromatic carbocycles. The molecule has 0 fully saturated rings. The molecule has 2 N–H and O–H groups in total. The minimum Gasteiger partial charge on any atom is -0.381 e. The number of nitrogens with one attached hydrogen (secondary N) is 2. The van der Waals surface area contributed by atoms with Crippen LogP contribution in [0, 0.1) is 18.3 Å². The average molecular weight is 261 g/mol. The number of nitriles is 1. The van der Waals surface area contributed by atoms with Crippen LogP contribution in [0.1, 0.15) is 16.7 Å². The summed E-state index contributed by atoms with van der Waals surface area (Å²) < 4.78 is 0. The molecule has 3 nitrogen and oxygen atoms in total. The van der Waals surface area contributed by atoms with E-state index >= 15 is 0 Å². The topological polar surface area (TPSA) is 51.6 Å². The van der Waals surface area contributed by atoms with Gasteiger partial charge in [0.25, 0.3) is 0 Å². The van der Waals surface area contributed by atoms with Crippen LogP contribution in [0.4, 0.5) is 5.69 Å². The Kier molecular flexibility index (Phi) is 3.14. The van der Waals surface area contributed by atoms with Gasteiger partial charge in [0.2, 0.25) is 0 Å². The number of H-pyrrole nitrogens is 1. The molecule has 3 aromatic rings. The van der Waals surface area contributed by atoms with E-state index in [1.54, 1.807) is 0 Å². The van der Waals surface area contributed by atoms with Crippen LogP contribution >= 0.6 is 0 Å². The first-order valence-electron chi connectivity index (χ1n) is 6.57. The van der Waals surface area contributed by atoms with Crippen molar-refractivity contribution in [3.8, 4) is 6.07 Å². The smallest absolute Gasteiger partial charge is 0.0992 e. The molecule has 0 aliphatic rings. The molecule has 3 rings (SSSR count). The van der Waals surface area contributed by atoms with Crippen LogP contribution < -0.4 is 5.32 Å². The first-order chi connectivity index (χ1) is 9.78. The lowest BCUT2D eigenvalue weighted by molar-refractivity contribution is 1.16. The second-order valence-corrected chi connectivity index (χ2v) is 4.85. The van der Waals surface area contributed by atoms with Crippen LogP contribution in [-0.4, -0.2) is 4.98 Å². The number of aromatic nitrogens is 1. The molecule has 0 saturated heterocycles. The van der Waals surface area contributed by atoms with E-state index in [1.807, 2.05) is 31.3 Å². The molecule has 1 heterocycles. The lowest BCUT2D eigenvalue weighted by Gasteiger charge is -2.10. The number of hydrogen-bond donors (Lipinski definition) is 2. The molecule has 0 saturated carbocycles. The molecule has 98 valence electrons. The third kappa shape index (κ3) is 2.24. The van der Waals surface area contributed by atoms with Gasteiger partial charge < -0.3 is 10.3 Å². The van der Waals surface area contributed by atoms with E-state index in [1.165, 1.54) is 10.9 Å². The standard InChI is InChI=1S/C17H15N3/c1-12-5-6-13(10-18)9-17(12)20-11-14-3-2-4-16-15(14)7-8-19-16/h2-9,19-20H,11H2,1H3. The molecular weight excluding hydrogens is 246 g/mol. The summed E-state index contributed by atoms with van der Waals surface area (Å²) in [6.45, 7) is 2.78. The molecule has 0 unspecified atom stereocenters. The van der Waals surface area contributed by atoms with Gasteiger partial charge in [0.15, 0.2) is 0 Å². The van der Waals surface area contributed by atoms with E-state index in [-0.39, 0.29) is 0 Å². The highest BCUT2D eigenvalue weighted by molar-refractivity contribution is 5.83. The molecule has 3 heteroatoms. The number of aromatic amines is 1. The van der Waals surface area contributed by atoms with Crippen molar-refractivity contribution in [2.75, 3.05) is 5.32 Å². The summed E-state index contributed by atoms with van der Waals surface area (Å²) in [4.78, 5) is 3.22. The van der Waals surface area contributed by atoms with Gasteiger partial charge in [-0.1, -0.05) is 18.2 Å². The molecular formula is C17H15N3. The number of anilines is 1. The van der Waals surface area contributed by atoms with Crippen molar-refractivity contribution in [2.24, 2.45) is 0 Å². The summed E-state index contributed by atoms with van der Waals surface area (Å²) in [5.41, 5.74) is 5.22. The average Bonchev–Trinajstić information content (AvgIpc) is 2.95. The highest BCUT2D eigenvalue weighted by Crippen LogP contribution is 2.21. The molecule has 0 radical (unpaired) electrons. The predicted octanol–water partition coefficient (Wildman–Crippen LogP) is 3.96. The van der Waals surface area contributed by atoms with Crippen molar-refractivity contribution in [3.05, 3.63) is 65.4 Å². The fourth-order valence-electron chi connectivity index (χ4n) is 2.38. The van der Waals surface area contributed by atoms with E-state index in [0.717, 1.165) is 23.3 Å². The zero-order valence-corrected chi connectivity index (χ0v) is 11.3. The van der Waals surface area contributed by atoms with Gasteiger partial charge in [0.05, 0.1) is 11.6 Å². The fraction of sp³-hybridized carbons (Fsp3) is 0.118. The minimum absolute atomic E-state index is 0.679. The summed E-state index contributed by atoms with van der Waals surface area (Å²) in [5, 5.41) is 13.6. The molecule has 20 heavy (non-hydrogen) atoms. The first-order valence-corrected chi connectivity index (χ1v) is 6.57. The Labute approximate surface area is 117 Å². The molecule has 0 aliphatic carbocycles. The summed E-state index contributed by atoms with van der Waals surface area (Å²) in [6, 6.07) is 16.2. The number of fused-ring (bicyclic) bond motifs is 1. The van der Waals surface area contributed by atoms with Crippen LogP contribution in [0.5, 0.6) is 0 Å². The lowest BCUT2D eigenvalue weighted by Crippen LogP contribution is -2.01. The number of hydrogen-bond acceptors (Lipinski definition) is 2. The maximum absolute atomic E-state index is 8.97. The van der Waals surface area contributed by atoms with Crippen molar-refractivity contribution in [3.63, 3.8) is 0 Å². The van der Waals surface area contributed by atoms with Gasteiger partial charge in [-0.15, -0.1) is 0 Å². The van der Waals surface area contributed by atoms with Gasteiger partial charge in [-0.3, -0.25) is 0 Å². The third-order valence-electron chi connectivity index (χ3n) is 3.52. The fourth-order valence-corrected chi connectivity index (χ4v) is 2.38. The van der Waals surface area contributed by atoms with Crippen molar-refractivity contribution >= 4 is 16.6 Å². The monoisotopic (exact) mass is 261 g/mol. The number of aryl methyl sites for hydroxylation is 1. The lowest BCUT2D eigenvalue weighted by atomic mass is 10.1. The highest BCUT2D eigenvalue weighted by Gasteiger charge is 2.03. The van der Waals surface area contributed by atoms with E-state index in [0.29, 0.717) is 5.56 Å². The molecule has 0 amide bonds. The van der Waals surface area contributed by atoms with Crippen LogP contribution in [0.25, 0.3) is 10.9 Å². The van der Waals surface area contributed by atoms with Crippen LogP contribution in [-0.2, 0) is 6.54 Å². The van der Waals surface area contributed by atoms with E-state index in [9.17, 15) is 0 Å². The van der Waals surface area contributed by atoms with E-state index < -0.39 is 0 Å². The van der Waals surface area contributed by atoms with Gasteiger partial charge in [-0.25, -0.2) is 0 Å². The van der Waals surface area contributed by atoms with Crippen molar-refractivity contribution < 1.29 is 0 Å². The first kappa shape index (κ1) is 12.3. The van der Waals surface area contributed by atoms with Crippen molar-refractivity contribution in [1.29, 1.82) is 5.26 Å². The van der Waals surface area contributed by atoms with Gasteiger partial charge >= 0.3 is 0 Å². The Balaban J connectivity index is 1.87. The van der Waals surface area contributed by atoms with Crippen LogP contribution in [0.3, 0.4) is 0 Å². The number of benzene rings is 2. The third-order valence-corrected chi connectivity index (χ3v) is 3.52. The quantitative estimate of drug-likeness (QED) is 0.749. The van der Waals surface area contributed by atoms with Gasteiger partial charge in [-0.05, 0) is 42.3 Å². The minimum atomic E-state index is 0.679. The summed E-state index contributed by atoms with van der Waals surface area (Å²) in [7, 11) is 0. The largest absolute Gasteiger partial charge is 0.381 e. The normalized spacial score (nSPS) is 10.4. The zero-order chi connectivity index (χ0) is 13.9. The van der Waals surface area contributed by atoms with Gasteiger partial charge in [0.1, 0.15) is 0 Å². The Morgan fingerprint density at radius 2 is 2.10 bits per heavy atom. The number of nitrogens with zero attached hydrogens (tertiary/aromatic N) is 1. The Morgan fingerprint density at radius 1 is 1.20 bits per heavy atom. The van der Waals surface area contributed by atoms with Crippen LogP contribution in [0.2, 0.25) is 0 Å². The highest BCUT2D eigenvalue weighted by atomic mass is 14.9. The summed E-state index contributed by atoms with van der Waals surface area (Å²) in [6.07, 6.45) is 1.95. The van der Waals surface area contributed by atoms with E-state index in [4.69, 9.17) is 5.26 Å². The van der Waals surface area contributed by atoms with Crippen molar-refractivity contribution in [1.82, 2.24) is 4.98 Å². The second-order valence-electron chi connectivity index (χ2n) is 4.85. The molecule has 0 atom stereocenters. The van der Waals surface area contributed by atoms with Gasteiger partial charge in [-0.2, -0.15) is 5.26 Å². The Morgan fingerprint density at radius 3 is 2.95 bits per heavy atom. The maximum Gasteiger partial charge on any atom is 0.0992 e. The molecule has 1 aromatic heterocycles. The molecule has 0 bridgehead atoms. The summed E-state index contributed by atoms with van der Waals surface area (Å²) in [5.74, 6) is 0. The molecule has 0 aliphatic heterocycles. The predicted molar refractivity (Wildman–Crippen MR) is 81.5 cm³/mol. The van der Waals surface area contributed by atoms with Gasteiger partial charge in [0, 0.05) is 29.3 Å². The van der Waals surface area contributed by atoms with Crippen molar-refractivity contribution in [2.45, 2.75) is 13.5 Å². The van der Waals surface area contributed by atoms with E-state index in [2.05, 4.69) is 40.6 Å². The zero-order valence-electron chi connectivity index (χ0n) is 11.3. The SMILES string of the molecule is Cc1ccc(C#N)cc1NCc1cccc2[nH]ccc12. The maximum atomic E-state index is 8.97.